The van der Waals surface area contributed by atoms with Crippen LogP contribution in [0.4, 0.5) is 4.79 Å². The predicted molar refractivity (Wildman–Crippen MR) is 125 cm³/mol. The summed E-state index contributed by atoms with van der Waals surface area (Å²) in [5.41, 5.74) is -0.677. The number of halogens is 2. The first-order chi connectivity index (χ1) is 14.8. The number of phenols is 1. The molecule has 3 rings (SSSR count). The number of carbonyl (C=O) groups is 1. The van der Waals surface area contributed by atoms with Gasteiger partial charge in [0.15, 0.2) is 0 Å². The minimum Gasteiger partial charge on any atom is -0.598 e. The van der Waals surface area contributed by atoms with E-state index in [1.165, 1.54) is 11.0 Å². The van der Waals surface area contributed by atoms with E-state index in [4.69, 9.17) is 23.2 Å². The Morgan fingerprint density at radius 3 is 2.34 bits per heavy atom. The Balaban J connectivity index is 1.73. The number of phenolic OH excluding ortho intramolecular Hbond substituents is 1. The molecule has 2 saturated heterocycles. The summed E-state index contributed by atoms with van der Waals surface area (Å²) in [6.45, 7) is 6.43. The van der Waals surface area contributed by atoms with Gasteiger partial charge >= 0.3 is 6.03 Å². The van der Waals surface area contributed by atoms with Crippen molar-refractivity contribution in [2.45, 2.75) is 50.0 Å². The Labute approximate surface area is 201 Å². The fourth-order valence-electron chi connectivity index (χ4n) is 4.03. The molecule has 0 radical (unpaired) electrons. The smallest absolute Gasteiger partial charge is 0.320 e. The van der Waals surface area contributed by atoms with Crippen LogP contribution in [-0.2, 0) is 11.4 Å². The number of likely N-dealkylation sites (tertiary alicyclic amines) is 2. The van der Waals surface area contributed by atoms with Crippen molar-refractivity contribution in [3.63, 3.8) is 0 Å². The average molecular weight is 508 g/mol. The first-order valence-corrected chi connectivity index (χ1v) is 12.5. The number of piperidine rings is 1. The van der Waals surface area contributed by atoms with Crippen molar-refractivity contribution >= 4 is 40.6 Å². The highest BCUT2D eigenvalue weighted by Crippen LogP contribution is 2.40. The summed E-state index contributed by atoms with van der Waals surface area (Å²) in [5, 5.41) is 30.2. The number of aliphatic hydroxyl groups excluding tert-OH is 1. The van der Waals surface area contributed by atoms with E-state index < -0.39 is 27.8 Å². The number of urea groups is 1. The van der Waals surface area contributed by atoms with Crippen molar-refractivity contribution in [2.75, 3.05) is 32.8 Å². The monoisotopic (exact) mass is 507 g/mol. The van der Waals surface area contributed by atoms with E-state index in [1.54, 1.807) is 11.0 Å². The van der Waals surface area contributed by atoms with E-state index in [-0.39, 0.29) is 42.4 Å². The van der Waals surface area contributed by atoms with E-state index in [2.05, 4.69) is 4.72 Å². The number of benzene rings is 1. The summed E-state index contributed by atoms with van der Waals surface area (Å²) in [6, 6.07) is 2.38. The lowest BCUT2D eigenvalue weighted by atomic mass is 9.85. The topological polar surface area (TPSA) is 119 Å². The van der Waals surface area contributed by atoms with Crippen LogP contribution in [-0.4, -0.2) is 78.8 Å². The Bertz CT molecular complexity index is 839. The molecular formula is C21H31Cl2N3O5S. The Morgan fingerprint density at radius 1 is 1.25 bits per heavy atom. The van der Waals surface area contributed by atoms with Gasteiger partial charge < -0.3 is 29.7 Å². The van der Waals surface area contributed by atoms with Gasteiger partial charge in [-0.25, -0.2) is 4.79 Å². The molecule has 0 spiro atoms. The zero-order valence-electron chi connectivity index (χ0n) is 18.5. The van der Waals surface area contributed by atoms with Crippen LogP contribution in [0.25, 0.3) is 0 Å². The highest BCUT2D eigenvalue weighted by molar-refractivity contribution is 7.90. The maximum absolute atomic E-state index is 12.9. The van der Waals surface area contributed by atoms with Crippen molar-refractivity contribution in [1.82, 2.24) is 14.5 Å². The molecule has 2 aliphatic heterocycles. The lowest BCUT2D eigenvalue weighted by molar-refractivity contribution is -0.111. The summed E-state index contributed by atoms with van der Waals surface area (Å²) < 4.78 is 15.6. The van der Waals surface area contributed by atoms with Crippen LogP contribution in [0.2, 0.25) is 10.0 Å². The van der Waals surface area contributed by atoms with Crippen LogP contribution >= 0.6 is 23.2 Å². The zero-order valence-corrected chi connectivity index (χ0v) is 20.8. The molecule has 2 atom stereocenters. The third-order valence-corrected chi connectivity index (χ3v) is 8.31. The minimum absolute atomic E-state index is 0.000688. The number of amides is 2. The average Bonchev–Trinajstić information content (AvgIpc) is 2.71. The molecule has 0 bridgehead atoms. The second-order valence-electron chi connectivity index (χ2n) is 9.65. The number of carbonyl (C=O) groups excluding carboxylic acids is 1. The number of hydrogen-bond donors (Lipinski definition) is 4. The highest BCUT2D eigenvalue weighted by Gasteiger charge is 2.45. The number of β-amino-alcohol motifs (C(OH)–C–C–N with tert-alkyl or cyclic N) is 1. The van der Waals surface area contributed by atoms with Crippen molar-refractivity contribution < 1.29 is 24.7 Å². The lowest BCUT2D eigenvalue weighted by Crippen LogP contribution is -2.67. The predicted octanol–water partition coefficient (Wildman–Crippen LogP) is 2.66. The Hall–Kier alpha value is -0.940. The Kier molecular flexibility index (Phi) is 7.81. The fraction of sp³-hybridized carbons (Fsp3) is 0.667. The van der Waals surface area contributed by atoms with Crippen LogP contribution in [0.15, 0.2) is 12.1 Å². The molecule has 1 unspecified atom stereocenters. The van der Waals surface area contributed by atoms with E-state index in [0.29, 0.717) is 36.5 Å². The van der Waals surface area contributed by atoms with Crippen LogP contribution in [0.1, 0.15) is 45.2 Å². The first kappa shape index (κ1) is 25.7. The third-order valence-electron chi connectivity index (χ3n) is 6.01. The fourth-order valence-corrected chi connectivity index (χ4v) is 5.26. The molecule has 32 heavy (non-hydrogen) atoms. The molecule has 2 fully saturated rings. The van der Waals surface area contributed by atoms with E-state index in [0.717, 1.165) is 0 Å². The van der Waals surface area contributed by atoms with Gasteiger partial charge in [0, 0.05) is 36.1 Å². The highest BCUT2D eigenvalue weighted by atomic mass is 35.5. The molecule has 0 saturated carbocycles. The van der Waals surface area contributed by atoms with Crippen molar-refractivity contribution in [1.29, 1.82) is 0 Å². The summed E-state index contributed by atoms with van der Waals surface area (Å²) >= 11 is 10.8. The molecule has 1 aromatic carbocycles. The van der Waals surface area contributed by atoms with Gasteiger partial charge in [-0.2, -0.15) is 0 Å². The van der Waals surface area contributed by atoms with Gasteiger partial charge in [-0.1, -0.05) is 23.2 Å². The number of nitrogens with one attached hydrogen (secondary N) is 1. The van der Waals surface area contributed by atoms with Crippen LogP contribution in [0.3, 0.4) is 0 Å². The van der Waals surface area contributed by atoms with Gasteiger partial charge in [0.05, 0.1) is 35.8 Å². The Morgan fingerprint density at radius 2 is 1.81 bits per heavy atom. The van der Waals surface area contributed by atoms with Crippen molar-refractivity contribution in [2.24, 2.45) is 5.92 Å². The van der Waals surface area contributed by atoms with Gasteiger partial charge in [0.25, 0.3) is 0 Å². The van der Waals surface area contributed by atoms with Crippen LogP contribution in [0, 0.1) is 5.92 Å². The molecule has 8 nitrogen and oxygen atoms in total. The maximum atomic E-state index is 12.9. The molecule has 0 aliphatic carbocycles. The normalized spacial score (nSPS) is 21.2. The summed E-state index contributed by atoms with van der Waals surface area (Å²) in [4.78, 5) is 15.9. The van der Waals surface area contributed by atoms with Crippen LogP contribution < -0.4 is 4.72 Å². The van der Waals surface area contributed by atoms with E-state index in [9.17, 15) is 24.7 Å². The molecule has 11 heteroatoms. The SMILES string of the molecule is CC(C)(C)[S+]([O-])N[C@@H](c1cc(Cl)c(Cl)cc1O)C1CCN(C(=O)N2CC(O)(CO)C2)CC1. The molecule has 0 aromatic heterocycles. The number of aromatic hydroxyl groups is 1. The largest absolute Gasteiger partial charge is 0.598 e. The van der Waals surface area contributed by atoms with E-state index in [1.807, 2.05) is 20.8 Å². The van der Waals surface area contributed by atoms with Gasteiger partial charge in [-0.05, 0) is 45.6 Å². The molecule has 2 aliphatic rings. The van der Waals surface area contributed by atoms with Crippen molar-refractivity contribution in [3.05, 3.63) is 27.7 Å². The molecule has 1 aromatic rings. The van der Waals surface area contributed by atoms with Crippen LogP contribution in [0.5, 0.6) is 5.75 Å². The number of hydrogen-bond acceptors (Lipinski definition) is 6. The number of aliphatic hydroxyl groups is 2. The van der Waals surface area contributed by atoms with Crippen molar-refractivity contribution in [3.8, 4) is 5.75 Å². The van der Waals surface area contributed by atoms with Gasteiger partial charge in [-0.3, -0.25) is 0 Å². The summed E-state index contributed by atoms with van der Waals surface area (Å²) in [6.07, 6.45) is 1.26. The van der Waals surface area contributed by atoms with Gasteiger partial charge in [-0.15, -0.1) is 4.72 Å². The number of nitrogens with zero attached hydrogens (tertiary/aromatic N) is 2. The molecule has 2 heterocycles. The molecule has 180 valence electrons. The molecular weight excluding hydrogens is 477 g/mol. The maximum Gasteiger partial charge on any atom is 0.320 e. The first-order valence-electron chi connectivity index (χ1n) is 10.6. The summed E-state index contributed by atoms with van der Waals surface area (Å²) in [5.74, 6) is -0.0237. The van der Waals surface area contributed by atoms with Gasteiger partial charge in [0.1, 0.15) is 16.1 Å². The lowest BCUT2D eigenvalue weighted by Gasteiger charge is -2.48. The standard InChI is InChI=1S/C21H31Cl2N3O5S/c1-20(2,3)32(31)24-18(14-8-15(22)16(23)9-17(14)28)13-4-6-25(7-5-13)19(29)26-10-21(30,11-26)12-27/h8-9,13,18,24,27-28,30H,4-7,10-12H2,1-3H3/t18-,32?/m1/s1. The third kappa shape index (κ3) is 5.58. The summed E-state index contributed by atoms with van der Waals surface area (Å²) in [7, 11) is 0. The number of rotatable bonds is 5. The minimum atomic E-state index is -1.39. The quantitative estimate of drug-likeness (QED) is 0.454. The zero-order chi connectivity index (χ0) is 23.8. The van der Waals surface area contributed by atoms with E-state index >= 15 is 0 Å². The second-order valence-corrected chi connectivity index (χ2v) is 12.5. The molecule has 2 amide bonds. The second kappa shape index (κ2) is 9.74. The van der Waals surface area contributed by atoms with Gasteiger partial charge in [0.2, 0.25) is 0 Å². The molecule has 4 N–H and O–H groups in total.